The summed E-state index contributed by atoms with van der Waals surface area (Å²) < 4.78 is 0. The number of rotatable bonds is 5. The molecule has 0 spiro atoms. The van der Waals surface area contributed by atoms with E-state index in [1.54, 1.807) is 0 Å². The first-order valence-electron chi connectivity index (χ1n) is 14.1. The van der Waals surface area contributed by atoms with Crippen LogP contribution in [-0.4, -0.2) is 0 Å². The lowest BCUT2D eigenvalue weighted by Crippen LogP contribution is -2.16. The van der Waals surface area contributed by atoms with Gasteiger partial charge in [0.05, 0.1) is 0 Å². The summed E-state index contributed by atoms with van der Waals surface area (Å²) in [6, 6.07) is 52.0. The molecule has 1 aliphatic carbocycles. The van der Waals surface area contributed by atoms with Gasteiger partial charge in [-0.15, -0.1) is 0 Å². The molecule has 0 bridgehead atoms. The number of hydrogen-bond acceptors (Lipinski definition) is 2. The first-order valence-corrected chi connectivity index (χ1v) is 14.1. The Morgan fingerprint density at radius 2 is 0.902 bits per heavy atom. The summed E-state index contributed by atoms with van der Waals surface area (Å²) >= 11 is 0. The predicted molar refractivity (Wildman–Crippen MR) is 174 cm³/mol. The SMILES string of the molecule is CC1(C)c2ccccc2-c2ccc(N(c3ccc(-c4ccccc4)cc3)c3ccc(-c4ccc(N)cc4)cc3)cc21. The van der Waals surface area contributed by atoms with Gasteiger partial charge in [-0.2, -0.15) is 0 Å². The van der Waals surface area contributed by atoms with Gasteiger partial charge in [0, 0.05) is 28.2 Å². The van der Waals surface area contributed by atoms with Gasteiger partial charge in [0.15, 0.2) is 0 Å². The first kappa shape index (κ1) is 24.9. The van der Waals surface area contributed by atoms with Crippen molar-refractivity contribution in [3.05, 3.63) is 157 Å². The van der Waals surface area contributed by atoms with Crippen LogP contribution in [0.25, 0.3) is 33.4 Å². The largest absolute Gasteiger partial charge is 0.399 e. The Balaban J connectivity index is 1.33. The highest BCUT2D eigenvalue weighted by molar-refractivity contribution is 5.86. The summed E-state index contributed by atoms with van der Waals surface area (Å²) in [6.07, 6.45) is 0. The van der Waals surface area contributed by atoms with Crippen LogP contribution < -0.4 is 10.6 Å². The predicted octanol–water partition coefficient (Wildman–Crippen LogP) is 10.4. The van der Waals surface area contributed by atoms with Crippen molar-refractivity contribution in [2.24, 2.45) is 0 Å². The van der Waals surface area contributed by atoms with Crippen molar-refractivity contribution >= 4 is 22.7 Å². The van der Waals surface area contributed by atoms with E-state index in [1.165, 1.54) is 38.9 Å². The Kier molecular flexibility index (Phi) is 5.98. The smallest absolute Gasteiger partial charge is 0.0465 e. The maximum absolute atomic E-state index is 5.92. The van der Waals surface area contributed by atoms with Crippen molar-refractivity contribution < 1.29 is 0 Å². The van der Waals surface area contributed by atoms with E-state index in [0.29, 0.717) is 0 Å². The van der Waals surface area contributed by atoms with Gasteiger partial charge in [0.1, 0.15) is 0 Å². The minimum Gasteiger partial charge on any atom is -0.399 e. The van der Waals surface area contributed by atoms with Gasteiger partial charge in [-0.3, -0.25) is 0 Å². The number of anilines is 4. The summed E-state index contributed by atoms with van der Waals surface area (Å²) in [5, 5.41) is 0. The highest BCUT2D eigenvalue weighted by atomic mass is 15.1. The standard InChI is InChI=1S/C39H32N2/c1-39(2)37-11-7-6-10-35(37)36-25-24-34(26-38(36)39)41(32-20-14-29(15-21-32)27-8-4-3-5-9-27)33-22-16-30(17-23-33)28-12-18-31(40)19-13-28/h3-26H,40H2,1-2H3. The van der Waals surface area contributed by atoms with Crippen LogP contribution in [0.2, 0.25) is 0 Å². The van der Waals surface area contributed by atoms with E-state index < -0.39 is 0 Å². The van der Waals surface area contributed by atoms with Crippen molar-refractivity contribution in [3.63, 3.8) is 0 Å². The molecule has 0 aromatic heterocycles. The molecule has 6 aromatic rings. The molecule has 0 atom stereocenters. The molecule has 1 aliphatic rings. The minimum absolute atomic E-state index is 0.0657. The molecular formula is C39H32N2. The molecule has 2 nitrogen and oxygen atoms in total. The van der Waals surface area contributed by atoms with Gasteiger partial charge in [-0.25, -0.2) is 0 Å². The fourth-order valence-corrected chi connectivity index (χ4v) is 6.19. The van der Waals surface area contributed by atoms with Crippen LogP contribution in [0, 0.1) is 0 Å². The maximum atomic E-state index is 5.92. The summed E-state index contributed by atoms with van der Waals surface area (Å²) in [5.41, 5.74) is 20.2. The van der Waals surface area contributed by atoms with Crippen molar-refractivity contribution in [1.29, 1.82) is 0 Å². The Bertz CT molecular complexity index is 1830. The zero-order chi connectivity index (χ0) is 28.0. The van der Waals surface area contributed by atoms with E-state index in [4.69, 9.17) is 5.73 Å². The quantitative estimate of drug-likeness (QED) is 0.226. The number of hydrogen-bond donors (Lipinski definition) is 1. The van der Waals surface area contributed by atoms with Crippen LogP contribution in [0.1, 0.15) is 25.0 Å². The lowest BCUT2D eigenvalue weighted by atomic mass is 9.82. The van der Waals surface area contributed by atoms with Crippen LogP contribution in [0.4, 0.5) is 22.7 Å². The molecule has 198 valence electrons. The zero-order valence-electron chi connectivity index (χ0n) is 23.4. The molecule has 0 aliphatic heterocycles. The average molecular weight is 529 g/mol. The van der Waals surface area contributed by atoms with Crippen LogP contribution in [0.15, 0.2) is 146 Å². The Morgan fingerprint density at radius 3 is 1.51 bits per heavy atom. The molecule has 2 heteroatoms. The lowest BCUT2D eigenvalue weighted by Gasteiger charge is -2.28. The van der Waals surface area contributed by atoms with Crippen LogP contribution in [0.3, 0.4) is 0 Å². The molecule has 0 fully saturated rings. The normalized spacial score (nSPS) is 12.9. The third-order valence-corrected chi connectivity index (χ3v) is 8.43. The van der Waals surface area contributed by atoms with Gasteiger partial charge in [0.2, 0.25) is 0 Å². The minimum atomic E-state index is -0.0657. The van der Waals surface area contributed by atoms with E-state index in [-0.39, 0.29) is 5.41 Å². The van der Waals surface area contributed by atoms with E-state index in [0.717, 1.165) is 28.3 Å². The maximum Gasteiger partial charge on any atom is 0.0465 e. The third kappa shape index (κ3) is 4.38. The molecule has 0 amide bonds. The number of nitrogen functional groups attached to an aromatic ring is 1. The van der Waals surface area contributed by atoms with Gasteiger partial charge >= 0.3 is 0 Å². The van der Waals surface area contributed by atoms with Crippen molar-refractivity contribution in [2.45, 2.75) is 19.3 Å². The number of nitrogens with two attached hydrogens (primary N) is 1. The van der Waals surface area contributed by atoms with E-state index in [9.17, 15) is 0 Å². The number of benzene rings is 6. The van der Waals surface area contributed by atoms with E-state index in [2.05, 4.69) is 152 Å². The molecule has 2 N–H and O–H groups in total. The number of nitrogens with zero attached hydrogens (tertiary/aromatic N) is 1. The highest BCUT2D eigenvalue weighted by Crippen LogP contribution is 2.50. The van der Waals surface area contributed by atoms with Gasteiger partial charge in [-0.05, 0) is 93.0 Å². The van der Waals surface area contributed by atoms with Gasteiger partial charge in [-0.1, -0.05) is 111 Å². The molecule has 0 unspecified atom stereocenters. The summed E-state index contributed by atoms with van der Waals surface area (Å²) in [7, 11) is 0. The molecule has 0 radical (unpaired) electrons. The average Bonchev–Trinajstić information content (AvgIpc) is 3.25. The zero-order valence-corrected chi connectivity index (χ0v) is 23.4. The van der Waals surface area contributed by atoms with E-state index in [1.807, 2.05) is 12.1 Å². The fourth-order valence-electron chi connectivity index (χ4n) is 6.19. The van der Waals surface area contributed by atoms with Gasteiger partial charge < -0.3 is 10.6 Å². The number of fused-ring (bicyclic) bond motifs is 3. The fraction of sp³-hybridized carbons (Fsp3) is 0.0769. The topological polar surface area (TPSA) is 29.3 Å². The van der Waals surface area contributed by atoms with Crippen molar-refractivity contribution in [3.8, 4) is 33.4 Å². The molecular weight excluding hydrogens is 496 g/mol. The Labute approximate surface area is 242 Å². The van der Waals surface area contributed by atoms with E-state index >= 15 is 0 Å². The van der Waals surface area contributed by atoms with Crippen molar-refractivity contribution in [2.75, 3.05) is 10.6 Å². The second kappa shape index (κ2) is 9.83. The molecule has 7 rings (SSSR count). The monoisotopic (exact) mass is 528 g/mol. The van der Waals surface area contributed by atoms with Crippen LogP contribution in [0.5, 0.6) is 0 Å². The third-order valence-electron chi connectivity index (χ3n) is 8.43. The second-order valence-electron chi connectivity index (χ2n) is 11.3. The second-order valence-corrected chi connectivity index (χ2v) is 11.3. The molecule has 6 aromatic carbocycles. The van der Waals surface area contributed by atoms with Crippen LogP contribution >= 0.6 is 0 Å². The summed E-state index contributed by atoms with van der Waals surface area (Å²) in [6.45, 7) is 4.67. The summed E-state index contributed by atoms with van der Waals surface area (Å²) in [5.74, 6) is 0. The first-order chi connectivity index (χ1) is 20.0. The highest BCUT2D eigenvalue weighted by Gasteiger charge is 2.35. The van der Waals surface area contributed by atoms with Crippen LogP contribution in [-0.2, 0) is 5.41 Å². The molecule has 41 heavy (non-hydrogen) atoms. The molecule has 0 saturated heterocycles. The Morgan fingerprint density at radius 1 is 0.439 bits per heavy atom. The lowest BCUT2D eigenvalue weighted by molar-refractivity contribution is 0.660. The molecule has 0 heterocycles. The summed E-state index contributed by atoms with van der Waals surface area (Å²) in [4.78, 5) is 2.36. The van der Waals surface area contributed by atoms with Gasteiger partial charge in [0.25, 0.3) is 0 Å². The van der Waals surface area contributed by atoms with Crippen molar-refractivity contribution in [1.82, 2.24) is 0 Å². The molecule has 0 saturated carbocycles. The Hall–Kier alpha value is -5.08.